The van der Waals surface area contributed by atoms with E-state index in [0.717, 1.165) is 17.1 Å². The second-order valence-electron chi connectivity index (χ2n) is 6.73. The molecular formula is C22H13FN4O4S. The highest BCUT2D eigenvalue weighted by atomic mass is 32.2. The molecule has 0 spiro atoms. The van der Waals surface area contributed by atoms with Gasteiger partial charge in [0.05, 0.1) is 16.7 Å². The smallest absolute Gasteiger partial charge is 0.336 e. The molecule has 2 aromatic heterocycles. The number of aromatic amines is 1. The Morgan fingerprint density at radius 3 is 2.59 bits per heavy atom. The lowest BCUT2D eigenvalue weighted by molar-refractivity contribution is -0.122. The molecule has 0 unspecified atom stereocenters. The van der Waals surface area contributed by atoms with Gasteiger partial charge < -0.3 is 9.40 Å². The van der Waals surface area contributed by atoms with Gasteiger partial charge in [-0.15, -0.1) is 0 Å². The molecule has 0 radical (unpaired) electrons. The standard InChI is InChI=1S/C22H13FN4O4S/c23-14-5-1-4-8-17(14)27-20(29)13(19(28)26-22(27)30)11-12-9-10-18(31-12)32-21-24-15-6-2-3-7-16(15)25-21/h1-11H,(H,24,25)(H,26,28,30). The van der Waals surface area contributed by atoms with E-state index in [4.69, 9.17) is 4.42 Å². The average Bonchev–Trinajstić information content (AvgIpc) is 3.38. The number of hydrogen-bond donors (Lipinski definition) is 2. The van der Waals surface area contributed by atoms with Crippen molar-refractivity contribution < 1.29 is 23.2 Å². The van der Waals surface area contributed by atoms with Crippen LogP contribution in [0.1, 0.15) is 5.76 Å². The molecule has 4 aromatic rings. The maximum Gasteiger partial charge on any atom is 0.336 e. The number of amides is 4. The Kier molecular flexibility index (Phi) is 4.83. The lowest BCUT2D eigenvalue weighted by Gasteiger charge is -2.26. The number of carbonyl (C=O) groups is 3. The van der Waals surface area contributed by atoms with E-state index in [-0.39, 0.29) is 17.0 Å². The molecule has 10 heteroatoms. The number of benzene rings is 2. The van der Waals surface area contributed by atoms with Crippen molar-refractivity contribution in [3.8, 4) is 0 Å². The number of para-hydroxylation sites is 3. The number of nitrogens with zero attached hydrogens (tertiary/aromatic N) is 2. The maximum atomic E-state index is 14.2. The van der Waals surface area contributed by atoms with E-state index >= 15 is 0 Å². The number of hydrogen-bond acceptors (Lipinski definition) is 6. The van der Waals surface area contributed by atoms with Crippen LogP contribution >= 0.6 is 11.8 Å². The van der Waals surface area contributed by atoms with Gasteiger partial charge in [-0.3, -0.25) is 14.9 Å². The van der Waals surface area contributed by atoms with Crippen LogP contribution in [0.5, 0.6) is 0 Å². The number of rotatable bonds is 4. The Morgan fingerprint density at radius 2 is 1.78 bits per heavy atom. The molecule has 158 valence electrons. The second-order valence-corrected chi connectivity index (χ2v) is 7.72. The fourth-order valence-electron chi connectivity index (χ4n) is 3.19. The van der Waals surface area contributed by atoms with Crippen LogP contribution in [0.15, 0.2) is 80.9 Å². The fraction of sp³-hybridized carbons (Fsp3) is 0. The predicted molar refractivity (Wildman–Crippen MR) is 114 cm³/mol. The number of barbiturate groups is 1. The third kappa shape index (κ3) is 3.56. The summed E-state index contributed by atoms with van der Waals surface area (Å²) in [6, 6.07) is 15.1. The SMILES string of the molecule is O=C1NC(=O)N(c2ccccc2F)C(=O)C1=Cc1ccc(Sc2nc3ccccc3[nH]2)o1. The number of halogens is 1. The van der Waals surface area contributed by atoms with Crippen LogP contribution in [0.25, 0.3) is 17.1 Å². The first-order valence-electron chi connectivity index (χ1n) is 9.38. The minimum absolute atomic E-state index is 0.213. The third-order valence-corrected chi connectivity index (χ3v) is 5.46. The Hall–Kier alpha value is -4.18. The summed E-state index contributed by atoms with van der Waals surface area (Å²) in [6.07, 6.45) is 1.21. The summed E-state index contributed by atoms with van der Waals surface area (Å²) in [5.74, 6) is -2.40. The van der Waals surface area contributed by atoms with Gasteiger partial charge in [-0.1, -0.05) is 24.3 Å². The summed E-state index contributed by atoms with van der Waals surface area (Å²) in [5, 5.41) is 3.13. The molecule has 0 atom stereocenters. The van der Waals surface area contributed by atoms with E-state index in [1.165, 1.54) is 36.0 Å². The van der Waals surface area contributed by atoms with E-state index in [2.05, 4.69) is 9.97 Å². The van der Waals surface area contributed by atoms with Crippen molar-refractivity contribution in [3.05, 3.63) is 77.8 Å². The van der Waals surface area contributed by atoms with Crippen LogP contribution in [0.3, 0.4) is 0 Å². The molecule has 2 N–H and O–H groups in total. The summed E-state index contributed by atoms with van der Waals surface area (Å²) < 4.78 is 19.8. The zero-order valence-electron chi connectivity index (χ0n) is 16.2. The Morgan fingerprint density at radius 1 is 1.00 bits per heavy atom. The van der Waals surface area contributed by atoms with Gasteiger partial charge in [0, 0.05) is 0 Å². The highest BCUT2D eigenvalue weighted by Gasteiger charge is 2.38. The molecule has 1 aliphatic heterocycles. The Labute approximate surface area is 184 Å². The number of carbonyl (C=O) groups excluding carboxylic acids is 3. The highest BCUT2D eigenvalue weighted by Crippen LogP contribution is 2.30. The van der Waals surface area contributed by atoms with Crippen molar-refractivity contribution in [1.82, 2.24) is 15.3 Å². The molecule has 5 rings (SSSR count). The molecule has 3 heterocycles. The first-order valence-corrected chi connectivity index (χ1v) is 10.2. The van der Waals surface area contributed by atoms with Crippen LogP contribution in [0.4, 0.5) is 14.9 Å². The van der Waals surface area contributed by atoms with Crippen molar-refractivity contribution in [1.29, 1.82) is 0 Å². The quantitative estimate of drug-likeness (QED) is 0.359. The molecule has 8 nitrogen and oxygen atoms in total. The number of aromatic nitrogens is 2. The van der Waals surface area contributed by atoms with E-state index in [9.17, 15) is 18.8 Å². The number of imide groups is 2. The van der Waals surface area contributed by atoms with Crippen molar-refractivity contribution >= 4 is 52.4 Å². The summed E-state index contributed by atoms with van der Waals surface area (Å²) >= 11 is 1.24. The van der Waals surface area contributed by atoms with Gasteiger partial charge in [0.2, 0.25) is 0 Å². The van der Waals surface area contributed by atoms with Gasteiger partial charge in [0.15, 0.2) is 10.2 Å². The number of nitrogens with one attached hydrogen (secondary N) is 2. The number of H-pyrrole nitrogens is 1. The van der Waals surface area contributed by atoms with Crippen LogP contribution in [-0.2, 0) is 9.59 Å². The molecule has 0 aliphatic carbocycles. The lowest BCUT2D eigenvalue weighted by Crippen LogP contribution is -2.54. The van der Waals surface area contributed by atoms with Gasteiger partial charge in [-0.2, -0.15) is 0 Å². The molecule has 0 bridgehead atoms. The minimum Gasteiger partial charge on any atom is -0.450 e. The van der Waals surface area contributed by atoms with Crippen molar-refractivity contribution in [2.24, 2.45) is 0 Å². The highest BCUT2D eigenvalue weighted by molar-refractivity contribution is 7.99. The molecule has 2 aromatic carbocycles. The molecule has 1 aliphatic rings. The second kappa shape index (κ2) is 7.82. The van der Waals surface area contributed by atoms with Crippen molar-refractivity contribution in [3.63, 3.8) is 0 Å². The first-order chi connectivity index (χ1) is 15.5. The normalized spacial score (nSPS) is 15.6. The number of furan rings is 1. The maximum absolute atomic E-state index is 14.2. The van der Waals surface area contributed by atoms with Crippen LogP contribution < -0.4 is 10.2 Å². The zero-order chi connectivity index (χ0) is 22.2. The lowest BCUT2D eigenvalue weighted by atomic mass is 10.1. The molecule has 1 saturated heterocycles. The summed E-state index contributed by atoms with van der Waals surface area (Å²) in [7, 11) is 0. The molecule has 0 saturated carbocycles. The predicted octanol–water partition coefficient (Wildman–Crippen LogP) is 4.11. The molecule has 1 fully saturated rings. The van der Waals surface area contributed by atoms with Gasteiger partial charge in [-0.05, 0) is 54.2 Å². The van der Waals surface area contributed by atoms with Crippen molar-refractivity contribution in [2.75, 3.05) is 4.90 Å². The van der Waals surface area contributed by atoms with E-state index < -0.39 is 23.7 Å². The van der Waals surface area contributed by atoms with Crippen LogP contribution in [-0.4, -0.2) is 27.8 Å². The van der Waals surface area contributed by atoms with E-state index in [1.807, 2.05) is 29.6 Å². The number of anilines is 1. The monoisotopic (exact) mass is 448 g/mol. The Balaban J connectivity index is 1.42. The van der Waals surface area contributed by atoms with E-state index in [0.29, 0.717) is 15.1 Å². The van der Waals surface area contributed by atoms with Gasteiger partial charge in [-0.25, -0.2) is 19.1 Å². The minimum atomic E-state index is -1.03. The van der Waals surface area contributed by atoms with Crippen molar-refractivity contribution in [2.45, 2.75) is 10.2 Å². The van der Waals surface area contributed by atoms with Gasteiger partial charge in [0.25, 0.3) is 11.8 Å². The van der Waals surface area contributed by atoms with Crippen LogP contribution in [0, 0.1) is 5.82 Å². The summed E-state index contributed by atoms with van der Waals surface area (Å²) in [5.41, 5.74) is 1.08. The van der Waals surface area contributed by atoms with Gasteiger partial charge >= 0.3 is 6.03 Å². The zero-order valence-corrected chi connectivity index (χ0v) is 17.0. The average molecular weight is 448 g/mol. The molecular weight excluding hydrogens is 435 g/mol. The van der Waals surface area contributed by atoms with Gasteiger partial charge in [0.1, 0.15) is 17.2 Å². The molecule has 4 amide bonds. The number of urea groups is 1. The van der Waals surface area contributed by atoms with Crippen LogP contribution in [0.2, 0.25) is 0 Å². The summed E-state index contributed by atoms with van der Waals surface area (Å²) in [4.78, 5) is 45.5. The Bertz CT molecular complexity index is 1390. The first kappa shape index (κ1) is 19.8. The van der Waals surface area contributed by atoms with E-state index in [1.54, 1.807) is 12.1 Å². The molecule has 32 heavy (non-hydrogen) atoms. The number of imidazole rings is 1. The number of fused-ring (bicyclic) bond motifs is 1. The summed E-state index contributed by atoms with van der Waals surface area (Å²) in [6.45, 7) is 0. The fourth-order valence-corrected chi connectivity index (χ4v) is 3.96. The largest absolute Gasteiger partial charge is 0.450 e. The third-order valence-electron chi connectivity index (χ3n) is 4.65. The topological polar surface area (TPSA) is 108 Å².